The van der Waals surface area contributed by atoms with Gasteiger partial charge in [-0.3, -0.25) is 0 Å². The molecular formula is C12H13NO2S. The molecular weight excluding hydrogens is 222 g/mol. The summed E-state index contributed by atoms with van der Waals surface area (Å²) in [6.07, 6.45) is 0. The third kappa shape index (κ3) is 2.74. The van der Waals surface area contributed by atoms with E-state index in [4.69, 9.17) is 10.5 Å². The summed E-state index contributed by atoms with van der Waals surface area (Å²) in [7, 11) is 0. The van der Waals surface area contributed by atoms with Gasteiger partial charge >= 0.3 is 0 Å². The Kier molecular flexibility index (Phi) is 3.44. The third-order valence-corrected chi connectivity index (χ3v) is 3.16. The summed E-state index contributed by atoms with van der Waals surface area (Å²) in [4.78, 5) is 1.10. The van der Waals surface area contributed by atoms with E-state index in [0.717, 1.165) is 4.88 Å². The summed E-state index contributed by atoms with van der Waals surface area (Å²) >= 11 is 1.61. The molecule has 0 spiro atoms. The summed E-state index contributed by atoms with van der Waals surface area (Å²) in [6.45, 7) is 0.407. The van der Waals surface area contributed by atoms with Crippen LogP contribution in [0, 0.1) is 0 Å². The quantitative estimate of drug-likeness (QED) is 0.856. The molecule has 0 radical (unpaired) electrons. The number of hydrogen-bond acceptors (Lipinski definition) is 4. The Hall–Kier alpha value is -1.52. The molecule has 2 aromatic rings. The minimum atomic E-state index is -0.123. The van der Waals surface area contributed by atoms with Gasteiger partial charge in [0.1, 0.15) is 18.1 Å². The highest BCUT2D eigenvalue weighted by Gasteiger charge is 2.07. The zero-order valence-electron chi connectivity index (χ0n) is 8.67. The highest BCUT2D eigenvalue weighted by atomic mass is 32.1. The molecule has 0 aliphatic heterocycles. The van der Waals surface area contributed by atoms with Gasteiger partial charge < -0.3 is 15.6 Å². The lowest BCUT2D eigenvalue weighted by Crippen LogP contribution is -2.17. The molecule has 0 aliphatic rings. The van der Waals surface area contributed by atoms with Gasteiger partial charge in [0.25, 0.3) is 0 Å². The van der Waals surface area contributed by atoms with Crippen molar-refractivity contribution in [1.82, 2.24) is 0 Å². The van der Waals surface area contributed by atoms with E-state index in [9.17, 15) is 5.11 Å². The van der Waals surface area contributed by atoms with Gasteiger partial charge in [-0.05, 0) is 23.6 Å². The second-order valence-corrected chi connectivity index (χ2v) is 4.41. The molecule has 4 heteroatoms. The number of phenolic OH excluding ortho intramolecular Hbond substituents is 1. The number of thiophene rings is 1. The van der Waals surface area contributed by atoms with Crippen LogP contribution in [0.2, 0.25) is 0 Å². The topological polar surface area (TPSA) is 55.5 Å². The first-order chi connectivity index (χ1) is 7.75. The zero-order valence-corrected chi connectivity index (χ0v) is 9.48. The molecule has 1 unspecified atom stereocenters. The van der Waals surface area contributed by atoms with Crippen LogP contribution in [0.4, 0.5) is 0 Å². The number of rotatable bonds is 4. The summed E-state index contributed by atoms with van der Waals surface area (Å²) in [5.41, 5.74) is 5.95. The third-order valence-electron chi connectivity index (χ3n) is 2.16. The molecule has 0 saturated carbocycles. The smallest absolute Gasteiger partial charge is 0.123 e. The van der Waals surface area contributed by atoms with Gasteiger partial charge in [-0.15, -0.1) is 11.3 Å². The summed E-state index contributed by atoms with van der Waals surface area (Å²) in [5.74, 6) is 0.828. The van der Waals surface area contributed by atoms with Crippen molar-refractivity contribution in [3.8, 4) is 11.5 Å². The number of hydrogen-bond donors (Lipinski definition) is 2. The van der Waals surface area contributed by atoms with E-state index in [0.29, 0.717) is 12.4 Å². The number of nitrogens with two attached hydrogens (primary N) is 1. The SMILES string of the molecule is NC(COc1cccc(O)c1)c1cccs1. The normalized spacial score (nSPS) is 12.3. The molecule has 0 aliphatic carbocycles. The van der Waals surface area contributed by atoms with Gasteiger partial charge in [-0.25, -0.2) is 0 Å². The standard InChI is InChI=1S/C12H13NO2S/c13-11(12-5-2-6-16-12)8-15-10-4-1-3-9(14)7-10/h1-7,11,14H,8,13H2. The first-order valence-corrected chi connectivity index (χ1v) is 5.84. The van der Waals surface area contributed by atoms with Crippen LogP contribution in [0.25, 0.3) is 0 Å². The predicted molar refractivity (Wildman–Crippen MR) is 64.8 cm³/mol. The molecule has 1 aromatic carbocycles. The predicted octanol–water partition coefficient (Wildman–Crippen LogP) is 2.53. The molecule has 3 nitrogen and oxygen atoms in total. The highest BCUT2D eigenvalue weighted by molar-refractivity contribution is 7.10. The van der Waals surface area contributed by atoms with Crippen molar-refractivity contribution in [2.75, 3.05) is 6.61 Å². The molecule has 16 heavy (non-hydrogen) atoms. The van der Waals surface area contributed by atoms with Crippen LogP contribution in [0.1, 0.15) is 10.9 Å². The first kappa shape index (κ1) is 11.0. The fourth-order valence-corrected chi connectivity index (χ4v) is 2.06. The van der Waals surface area contributed by atoms with E-state index in [2.05, 4.69) is 0 Å². The maximum atomic E-state index is 9.25. The van der Waals surface area contributed by atoms with Gasteiger partial charge in [0.15, 0.2) is 0 Å². The Balaban J connectivity index is 1.92. The maximum absolute atomic E-state index is 9.25. The van der Waals surface area contributed by atoms with Crippen LogP contribution in [-0.4, -0.2) is 11.7 Å². The van der Waals surface area contributed by atoms with Gasteiger partial charge in [-0.2, -0.15) is 0 Å². The number of aromatic hydroxyl groups is 1. The van der Waals surface area contributed by atoms with Crippen molar-refractivity contribution in [2.24, 2.45) is 5.73 Å². The lowest BCUT2D eigenvalue weighted by molar-refractivity contribution is 0.291. The van der Waals surface area contributed by atoms with Gasteiger partial charge in [0, 0.05) is 10.9 Å². The Labute approximate surface area is 98.1 Å². The minimum Gasteiger partial charge on any atom is -0.508 e. The molecule has 0 amide bonds. The van der Waals surface area contributed by atoms with Gasteiger partial charge in [0.2, 0.25) is 0 Å². The molecule has 0 bridgehead atoms. The summed E-state index contributed by atoms with van der Waals surface area (Å²) in [6, 6.07) is 10.5. The molecule has 1 heterocycles. The van der Waals surface area contributed by atoms with E-state index in [1.54, 1.807) is 35.6 Å². The average molecular weight is 235 g/mol. The lowest BCUT2D eigenvalue weighted by Gasteiger charge is -2.11. The minimum absolute atomic E-state index is 0.123. The van der Waals surface area contributed by atoms with Crippen LogP contribution >= 0.6 is 11.3 Å². The van der Waals surface area contributed by atoms with E-state index in [1.165, 1.54) is 0 Å². The van der Waals surface area contributed by atoms with Crippen molar-refractivity contribution >= 4 is 11.3 Å². The van der Waals surface area contributed by atoms with E-state index < -0.39 is 0 Å². The van der Waals surface area contributed by atoms with Crippen LogP contribution in [0.5, 0.6) is 11.5 Å². The van der Waals surface area contributed by atoms with E-state index in [-0.39, 0.29) is 11.8 Å². The molecule has 1 atom stereocenters. The Morgan fingerprint density at radius 1 is 1.31 bits per heavy atom. The lowest BCUT2D eigenvalue weighted by atomic mass is 10.3. The second-order valence-electron chi connectivity index (χ2n) is 3.43. The number of benzene rings is 1. The first-order valence-electron chi connectivity index (χ1n) is 4.96. The van der Waals surface area contributed by atoms with Gasteiger partial charge in [-0.1, -0.05) is 12.1 Å². The molecule has 2 rings (SSSR count). The molecule has 3 N–H and O–H groups in total. The fourth-order valence-electron chi connectivity index (χ4n) is 1.34. The van der Waals surface area contributed by atoms with Crippen LogP contribution in [-0.2, 0) is 0 Å². The number of phenols is 1. The highest BCUT2D eigenvalue weighted by Crippen LogP contribution is 2.21. The van der Waals surface area contributed by atoms with Crippen molar-refractivity contribution in [2.45, 2.75) is 6.04 Å². The molecule has 1 aromatic heterocycles. The fraction of sp³-hybridized carbons (Fsp3) is 0.167. The largest absolute Gasteiger partial charge is 0.508 e. The van der Waals surface area contributed by atoms with Gasteiger partial charge in [0.05, 0.1) is 6.04 Å². The van der Waals surface area contributed by atoms with Crippen molar-refractivity contribution in [3.05, 3.63) is 46.7 Å². The summed E-state index contributed by atoms with van der Waals surface area (Å²) < 4.78 is 5.49. The van der Waals surface area contributed by atoms with Crippen molar-refractivity contribution < 1.29 is 9.84 Å². The Morgan fingerprint density at radius 3 is 2.88 bits per heavy atom. The summed E-state index contributed by atoms with van der Waals surface area (Å²) in [5, 5.41) is 11.2. The molecule has 84 valence electrons. The Morgan fingerprint density at radius 2 is 2.19 bits per heavy atom. The monoisotopic (exact) mass is 235 g/mol. The van der Waals surface area contributed by atoms with E-state index >= 15 is 0 Å². The van der Waals surface area contributed by atoms with Crippen molar-refractivity contribution in [3.63, 3.8) is 0 Å². The molecule has 0 saturated heterocycles. The Bertz CT molecular complexity index is 442. The zero-order chi connectivity index (χ0) is 11.4. The number of ether oxygens (including phenoxy) is 1. The second kappa shape index (κ2) is 5.01. The average Bonchev–Trinajstić information content (AvgIpc) is 2.79. The van der Waals surface area contributed by atoms with E-state index in [1.807, 2.05) is 17.5 Å². The molecule has 0 fully saturated rings. The van der Waals surface area contributed by atoms with Crippen LogP contribution in [0.3, 0.4) is 0 Å². The van der Waals surface area contributed by atoms with Crippen LogP contribution < -0.4 is 10.5 Å². The maximum Gasteiger partial charge on any atom is 0.123 e. The van der Waals surface area contributed by atoms with Crippen LogP contribution in [0.15, 0.2) is 41.8 Å². The van der Waals surface area contributed by atoms with Crippen molar-refractivity contribution in [1.29, 1.82) is 0 Å².